The van der Waals surface area contributed by atoms with Crippen molar-refractivity contribution in [1.29, 1.82) is 0 Å². The highest BCUT2D eigenvalue weighted by Gasteiger charge is 2.13. The molecule has 2 heterocycles. The third-order valence-electron chi connectivity index (χ3n) is 3.10. The van der Waals surface area contributed by atoms with Gasteiger partial charge in [-0.15, -0.1) is 21.5 Å². The number of carbonyl (C=O) groups excluding carboxylic acids is 1. The Morgan fingerprint density at radius 1 is 1.38 bits per heavy atom. The molecule has 2 N–H and O–H groups in total. The average molecular weight is 325 g/mol. The molecule has 1 amide bonds. The molecule has 8 heteroatoms. The van der Waals surface area contributed by atoms with Gasteiger partial charge in [-0.1, -0.05) is 11.8 Å². The van der Waals surface area contributed by atoms with Gasteiger partial charge in [0.25, 0.3) is 0 Å². The number of carbonyl (C=O) groups is 1. The number of nitrogens with zero attached hydrogens (tertiary/aromatic N) is 4. The Bertz CT molecular complexity index is 615. The second-order valence-corrected chi connectivity index (χ2v) is 6.88. The molecule has 0 unspecified atom stereocenters. The molecule has 2 aromatic rings. The number of rotatable bonds is 7. The van der Waals surface area contributed by atoms with E-state index in [9.17, 15) is 4.79 Å². The van der Waals surface area contributed by atoms with Crippen LogP contribution < -0.4 is 5.73 Å². The Balaban J connectivity index is 2.04. The summed E-state index contributed by atoms with van der Waals surface area (Å²) in [7, 11) is 0. The third kappa shape index (κ3) is 4.04. The predicted molar refractivity (Wildman–Crippen MR) is 84.4 cm³/mol. The van der Waals surface area contributed by atoms with Crippen molar-refractivity contribution in [2.75, 3.05) is 0 Å². The minimum absolute atomic E-state index is 0.299. The molecular weight excluding hydrogens is 306 g/mol. The second-order valence-electron chi connectivity index (χ2n) is 4.65. The summed E-state index contributed by atoms with van der Waals surface area (Å²) in [5.41, 5.74) is 6.27. The standard InChI is InChI=1S/C13H19N5OS2/c1-4-18-11(6-5-10(14)19)16-17-13(18)20-7-12-15-8(2)9(3)21-12/h4-7H2,1-3H3,(H2,14,19). The molecule has 114 valence electrons. The smallest absolute Gasteiger partial charge is 0.217 e. The molecule has 0 radical (unpaired) electrons. The van der Waals surface area contributed by atoms with Gasteiger partial charge in [0.2, 0.25) is 5.91 Å². The van der Waals surface area contributed by atoms with E-state index in [1.807, 2.05) is 18.4 Å². The number of aromatic nitrogens is 4. The fourth-order valence-electron chi connectivity index (χ4n) is 1.89. The largest absolute Gasteiger partial charge is 0.370 e. The van der Waals surface area contributed by atoms with Gasteiger partial charge in [-0.3, -0.25) is 4.79 Å². The van der Waals surface area contributed by atoms with Crippen LogP contribution in [0, 0.1) is 13.8 Å². The minimum atomic E-state index is -0.316. The molecule has 0 fully saturated rings. The van der Waals surface area contributed by atoms with E-state index in [1.54, 1.807) is 23.1 Å². The van der Waals surface area contributed by atoms with E-state index in [2.05, 4.69) is 22.1 Å². The normalized spacial score (nSPS) is 11.0. The molecule has 0 saturated heterocycles. The average Bonchev–Trinajstić information content (AvgIpc) is 2.97. The summed E-state index contributed by atoms with van der Waals surface area (Å²) in [6, 6.07) is 0. The first-order valence-corrected chi connectivity index (χ1v) is 8.57. The van der Waals surface area contributed by atoms with Crippen molar-refractivity contribution in [3.63, 3.8) is 0 Å². The number of primary amides is 1. The van der Waals surface area contributed by atoms with Crippen LogP contribution in [0.1, 0.15) is 34.7 Å². The monoisotopic (exact) mass is 325 g/mol. The number of thioether (sulfide) groups is 1. The van der Waals surface area contributed by atoms with Gasteiger partial charge in [0.15, 0.2) is 5.16 Å². The van der Waals surface area contributed by atoms with E-state index in [4.69, 9.17) is 5.73 Å². The van der Waals surface area contributed by atoms with Gasteiger partial charge in [0.05, 0.1) is 11.4 Å². The first kappa shape index (κ1) is 16.0. The van der Waals surface area contributed by atoms with Crippen LogP contribution in [-0.4, -0.2) is 25.7 Å². The predicted octanol–water partition coefficient (Wildman–Crippen LogP) is 2.08. The molecule has 2 aromatic heterocycles. The van der Waals surface area contributed by atoms with Gasteiger partial charge < -0.3 is 10.3 Å². The Morgan fingerprint density at radius 3 is 2.71 bits per heavy atom. The maximum absolute atomic E-state index is 10.9. The van der Waals surface area contributed by atoms with Gasteiger partial charge in [-0.2, -0.15) is 0 Å². The number of hydrogen-bond donors (Lipinski definition) is 1. The van der Waals surface area contributed by atoms with Crippen LogP contribution in [0.25, 0.3) is 0 Å². The van der Waals surface area contributed by atoms with Gasteiger partial charge in [0.1, 0.15) is 10.8 Å². The Hall–Kier alpha value is -1.41. The molecule has 0 aliphatic carbocycles. The van der Waals surface area contributed by atoms with E-state index in [1.165, 1.54) is 4.88 Å². The highest BCUT2D eigenvalue weighted by Crippen LogP contribution is 2.26. The van der Waals surface area contributed by atoms with Crippen molar-refractivity contribution in [3.05, 3.63) is 21.4 Å². The zero-order chi connectivity index (χ0) is 15.4. The first-order valence-electron chi connectivity index (χ1n) is 6.77. The molecule has 0 aliphatic heterocycles. The van der Waals surface area contributed by atoms with E-state index in [0.29, 0.717) is 12.8 Å². The van der Waals surface area contributed by atoms with Crippen LogP contribution in [0.4, 0.5) is 0 Å². The van der Waals surface area contributed by atoms with Crippen LogP contribution in [0.5, 0.6) is 0 Å². The number of nitrogens with two attached hydrogens (primary N) is 1. The molecule has 6 nitrogen and oxygen atoms in total. The lowest BCUT2D eigenvalue weighted by Gasteiger charge is -2.05. The van der Waals surface area contributed by atoms with Crippen molar-refractivity contribution in [1.82, 2.24) is 19.7 Å². The molecule has 21 heavy (non-hydrogen) atoms. The lowest BCUT2D eigenvalue weighted by molar-refractivity contribution is -0.118. The van der Waals surface area contributed by atoms with Gasteiger partial charge in [-0.25, -0.2) is 4.98 Å². The van der Waals surface area contributed by atoms with Crippen molar-refractivity contribution >= 4 is 29.0 Å². The Morgan fingerprint density at radius 2 is 2.14 bits per heavy atom. The summed E-state index contributed by atoms with van der Waals surface area (Å²) in [5.74, 6) is 1.28. The number of amides is 1. The van der Waals surface area contributed by atoms with Gasteiger partial charge in [0, 0.05) is 24.3 Å². The Kier molecular flexibility index (Phi) is 5.35. The molecule has 0 saturated carbocycles. The van der Waals surface area contributed by atoms with Crippen LogP contribution in [0.15, 0.2) is 5.16 Å². The van der Waals surface area contributed by atoms with E-state index in [0.717, 1.165) is 34.0 Å². The van der Waals surface area contributed by atoms with Crippen molar-refractivity contribution in [2.45, 2.75) is 51.1 Å². The van der Waals surface area contributed by atoms with E-state index in [-0.39, 0.29) is 5.91 Å². The molecular formula is C13H19N5OS2. The molecule has 0 aliphatic rings. The molecule has 0 spiro atoms. The number of hydrogen-bond acceptors (Lipinski definition) is 6. The zero-order valence-electron chi connectivity index (χ0n) is 12.4. The van der Waals surface area contributed by atoms with Crippen LogP contribution in [-0.2, 0) is 23.5 Å². The highest BCUT2D eigenvalue weighted by molar-refractivity contribution is 7.98. The fraction of sp³-hybridized carbons (Fsp3) is 0.538. The maximum atomic E-state index is 10.9. The zero-order valence-corrected chi connectivity index (χ0v) is 14.1. The summed E-state index contributed by atoms with van der Waals surface area (Å²) in [6.07, 6.45) is 0.833. The van der Waals surface area contributed by atoms with Gasteiger partial charge >= 0.3 is 0 Å². The third-order valence-corrected chi connectivity index (χ3v) is 5.34. The summed E-state index contributed by atoms with van der Waals surface area (Å²) in [6.45, 7) is 6.92. The summed E-state index contributed by atoms with van der Waals surface area (Å²) in [5, 5.41) is 10.3. The van der Waals surface area contributed by atoms with Crippen LogP contribution in [0.2, 0.25) is 0 Å². The lowest BCUT2D eigenvalue weighted by Crippen LogP contribution is -2.13. The molecule has 0 bridgehead atoms. The van der Waals surface area contributed by atoms with Crippen LogP contribution in [0.3, 0.4) is 0 Å². The summed E-state index contributed by atoms with van der Waals surface area (Å²) in [4.78, 5) is 16.7. The fourth-order valence-corrected chi connectivity index (χ4v) is 3.84. The first-order chi connectivity index (χ1) is 10.0. The number of thiazole rings is 1. The molecule has 2 rings (SSSR count). The number of aryl methyl sites for hydroxylation is 3. The van der Waals surface area contributed by atoms with Crippen molar-refractivity contribution in [2.24, 2.45) is 5.73 Å². The van der Waals surface area contributed by atoms with Gasteiger partial charge in [-0.05, 0) is 20.8 Å². The van der Waals surface area contributed by atoms with E-state index >= 15 is 0 Å². The van der Waals surface area contributed by atoms with Crippen LogP contribution >= 0.6 is 23.1 Å². The lowest BCUT2D eigenvalue weighted by atomic mass is 10.3. The van der Waals surface area contributed by atoms with Crippen molar-refractivity contribution in [3.8, 4) is 0 Å². The SMILES string of the molecule is CCn1c(CCC(N)=O)nnc1SCc1nc(C)c(C)s1. The summed E-state index contributed by atoms with van der Waals surface area (Å²) >= 11 is 3.34. The Labute approximate surface area is 132 Å². The molecule has 0 atom stereocenters. The maximum Gasteiger partial charge on any atom is 0.217 e. The summed E-state index contributed by atoms with van der Waals surface area (Å²) < 4.78 is 2.03. The topological polar surface area (TPSA) is 86.7 Å². The van der Waals surface area contributed by atoms with E-state index < -0.39 is 0 Å². The second kappa shape index (κ2) is 7.04. The minimum Gasteiger partial charge on any atom is -0.370 e. The highest BCUT2D eigenvalue weighted by atomic mass is 32.2. The van der Waals surface area contributed by atoms with Crippen molar-refractivity contribution < 1.29 is 4.79 Å². The quantitative estimate of drug-likeness (QED) is 0.788. The molecule has 0 aromatic carbocycles.